The molecule has 1 heterocycles. The van der Waals surface area contributed by atoms with Gasteiger partial charge in [0.1, 0.15) is 17.7 Å². The summed E-state index contributed by atoms with van der Waals surface area (Å²) >= 11 is 0. The van der Waals surface area contributed by atoms with Gasteiger partial charge >= 0.3 is 0 Å². The number of ether oxygens (including phenoxy) is 1. The third kappa shape index (κ3) is 2.19. The van der Waals surface area contributed by atoms with E-state index in [9.17, 15) is 4.39 Å². The van der Waals surface area contributed by atoms with E-state index in [0.717, 1.165) is 35.9 Å². The average molecular weight is 281 g/mol. The topological polar surface area (TPSA) is 25.0 Å². The van der Waals surface area contributed by atoms with Crippen molar-refractivity contribution in [1.29, 1.82) is 0 Å². The van der Waals surface area contributed by atoms with Gasteiger partial charge in [-0.25, -0.2) is 4.39 Å². The minimum Gasteiger partial charge on any atom is -0.483 e. The maximum Gasteiger partial charge on any atom is 0.145 e. The number of benzene rings is 2. The Balaban J connectivity index is 1.70. The fraction of sp³-hybridized carbons (Fsp3) is 0.222. The highest BCUT2D eigenvalue weighted by molar-refractivity contribution is 5.86. The van der Waals surface area contributed by atoms with E-state index in [1.165, 1.54) is 23.3 Å². The highest BCUT2D eigenvalue weighted by atomic mass is 19.1. The molecule has 0 amide bonds. The standard InChI is InChI=1S/C18H16FNO/c19-13-8-9-15-16(10-13)20-11-18(15)21-17-7-3-5-12-4-1-2-6-14(12)17/h1-2,4,6,8-11,17,20H,3,5,7H2/t17-/m0/s1. The highest BCUT2D eigenvalue weighted by Crippen LogP contribution is 2.36. The predicted molar refractivity (Wildman–Crippen MR) is 81.0 cm³/mol. The largest absolute Gasteiger partial charge is 0.483 e. The first-order chi connectivity index (χ1) is 10.3. The summed E-state index contributed by atoms with van der Waals surface area (Å²) in [5, 5.41) is 0.930. The van der Waals surface area contributed by atoms with Gasteiger partial charge in [-0.1, -0.05) is 24.3 Å². The molecule has 0 spiro atoms. The van der Waals surface area contributed by atoms with Gasteiger partial charge in [-0.15, -0.1) is 0 Å². The van der Waals surface area contributed by atoms with Gasteiger partial charge in [0.2, 0.25) is 0 Å². The van der Waals surface area contributed by atoms with Crippen LogP contribution >= 0.6 is 0 Å². The molecular weight excluding hydrogens is 265 g/mol. The first-order valence-electron chi connectivity index (χ1n) is 7.32. The number of nitrogens with one attached hydrogen (secondary N) is 1. The molecule has 21 heavy (non-hydrogen) atoms. The molecule has 0 bridgehead atoms. The van der Waals surface area contributed by atoms with Crippen molar-refractivity contribution in [3.8, 4) is 5.75 Å². The second-order valence-corrected chi connectivity index (χ2v) is 5.54. The molecule has 0 radical (unpaired) electrons. The number of aromatic nitrogens is 1. The van der Waals surface area contributed by atoms with Crippen molar-refractivity contribution in [2.24, 2.45) is 0 Å². The van der Waals surface area contributed by atoms with Crippen molar-refractivity contribution < 1.29 is 9.13 Å². The summed E-state index contributed by atoms with van der Waals surface area (Å²) < 4.78 is 19.5. The number of aromatic amines is 1. The molecule has 3 aromatic rings. The number of aryl methyl sites for hydroxylation is 1. The summed E-state index contributed by atoms with van der Waals surface area (Å²) in [4.78, 5) is 3.08. The summed E-state index contributed by atoms with van der Waals surface area (Å²) in [5.74, 6) is 0.561. The van der Waals surface area contributed by atoms with E-state index in [1.54, 1.807) is 6.07 Å². The van der Waals surface area contributed by atoms with Gasteiger partial charge < -0.3 is 9.72 Å². The maximum absolute atomic E-state index is 13.2. The molecule has 0 saturated heterocycles. The van der Waals surface area contributed by atoms with E-state index in [0.29, 0.717) is 0 Å². The Hall–Kier alpha value is -2.29. The van der Waals surface area contributed by atoms with Crippen LogP contribution in [0.15, 0.2) is 48.7 Å². The van der Waals surface area contributed by atoms with E-state index in [4.69, 9.17) is 4.74 Å². The van der Waals surface area contributed by atoms with Crippen molar-refractivity contribution in [3.63, 3.8) is 0 Å². The SMILES string of the molecule is Fc1ccc2c(O[C@H]3CCCc4ccccc43)c[nH]c2c1. The van der Waals surface area contributed by atoms with E-state index in [1.807, 2.05) is 6.20 Å². The zero-order chi connectivity index (χ0) is 14.2. The lowest BCUT2D eigenvalue weighted by molar-refractivity contribution is 0.186. The molecule has 1 N–H and O–H groups in total. The van der Waals surface area contributed by atoms with Crippen molar-refractivity contribution in [2.45, 2.75) is 25.4 Å². The zero-order valence-corrected chi connectivity index (χ0v) is 11.6. The normalized spacial score (nSPS) is 17.7. The quantitative estimate of drug-likeness (QED) is 0.719. The zero-order valence-electron chi connectivity index (χ0n) is 11.6. The monoisotopic (exact) mass is 281 g/mol. The van der Waals surface area contributed by atoms with Crippen LogP contribution < -0.4 is 4.74 Å². The lowest BCUT2D eigenvalue weighted by Crippen LogP contribution is -2.14. The lowest BCUT2D eigenvalue weighted by atomic mass is 9.89. The Bertz CT molecular complexity index is 793. The predicted octanol–water partition coefficient (Wildman–Crippen LogP) is 4.76. The molecule has 0 unspecified atom stereocenters. The summed E-state index contributed by atoms with van der Waals surface area (Å²) in [6.45, 7) is 0. The second kappa shape index (κ2) is 4.92. The third-order valence-corrected chi connectivity index (χ3v) is 4.19. The molecule has 1 aromatic heterocycles. The van der Waals surface area contributed by atoms with Crippen molar-refractivity contribution >= 4 is 10.9 Å². The summed E-state index contributed by atoms with van der Waals surface area (Å²) in [7, 11) is 0. The average Bonchev–Trinajstić information content (AvgIpc) is 2.90. The number of hydrogen-bond acceptors (Lipinski definition) is 1. The van der Waals surface area contributed by atoms with Gasteiger partial charge in [-0.05, 0) is 48.6 Å². The van der Waals surface area contributed by atoms with Crippen LogP contribution in [-0.2, 0) is 6.42 Å². The second-order valence-electron chi connectivity index (χ2n) is 5.54. The van der Waals surface area contributed by atoms with Gasteiger partial charge in [-0.3, -0.25) is 0 Å². The minimum absolute atomic E-state index is 0.0824. The van der Waals surface area contributed by atoms with Gasteiger partial charge in [0.15, 0.2) is 0 Å². The number of fused-ring (bicyclic) bond motifs is 2. The molecule has 106 valence electrons. The van der Waals surface area contributed by atoms with Gasteiger partial charge in [0.25, 0.3) is 0 Å². The number of H-pyrrole nitrogens is 1. The van der Waals surface area contributed by atoms with Crippen LogP contribution in [0.2, 0.25) is 0 Å². The maximum atomic E-state index is 13.2. The third-order valence-electron chi connectivity index (χ3n) is 4.19. The minimum atomic E-state index is -0.237. The number of halogens is 1. The van der Waals surface area contributed by atoms with Crippen molar-refractivity contribution in [2.75, 3.05) is 0 Å². The molecule has 2 nitrogen and oxygen atoms in total. The molecule has 4 rings (SSSR count). The molecule has 1 aliphatic carbocycles. The first-order valence-corrected chi connectivity index (χ1v) is 7.32. The molecule has 3 heteroatoms. The highest BCUT2D eigenvalue weighted by Gasteiger charge is 2.22. The van der Waals surface area contributed by atoms with Crippen LogP contribution in [0.25, 0.3) is 10.9 Å². The molecule has 0 saturated carbocycles. The van der Waals surface area contributed by atoms with Crippen molar-refractivity contribution in [1.82, 2.24) is 4.98 Å². The fourth-order valence-electron chi connectivity index (χ4n) is 3.15. The Morgan fingerprint density at radius 1 is 1.14 bits per heavy atom. The van der Waals surface area contributed by atoms with E-state index < -0.39 is 0 Å². The van der Waals surface area contributed by atoms with E-state index in [2.05, 4.69) is 29.2 Å². The summed E-state index contributed by atoms with van der Waals surface area (Å²) in [6, 6.07) is 13.2. The van der Waals surface area contributed by atoms with E-state index in [-0.39, 0.29) is 11.9 Å². The summed E-state index contributed by atoms with van der Waals surface area (Å²) in [6.07, 6.45) is 5.18. The Kier molecular flexibility index (Phi) is 2.92. The van der Waals surface area contributed by atoms with Crippen LogP contribution in [0.5, 0.6) is 5.75 Å². The Morgan fingerprint density at radius 2 is 2.05 bits per heavy atom. The molecular formula is C18H16FNO. The molecule has 1 aliphatic rings. The molecule has 0 fully saturated rings. The smallest absolute Gasteiger partial charge is 0.145 e. The van der Waals surface area contributed by atoms with Crippen LogP contribution in [0.3, 0.4) is 0 Å². The Morgan fingerprint density at radius 3 is 3.00 bits per heavy atom. The summed E-state index contributed by atoms with van der Waals surface area (Å²) in [5.41, 5.74) is 3.42. The lowest BCUT2D eigenvalue weighted by Gasteiger charge is -2.26. The van der Waals surface area contributed by atoms with E-state index >= 15 is 0 Å². The number of hydrogen-bond donors (Lipinski definition) is 1. The van der Waals surface area contributed by atoms with Gasteiger partial charge in [0, 0.05) is 11.6 Å². The molecule has 0 aliphatic heterocycles. The molecule has 1 atom stereocenters. The fourth-order valence-corrected chi connectivity index (χ4v) is 3.15. The van der Waals surface area contributed by atoms with Crippen LogP contribution in [0.1, 0.15) is 30.1 Å². The Labute approximate surface area is 122 Å². The molecule has 2 aromatic carbocycles. The van der Waals surface area contributed by atoms with Crippen molar-refractivity contribution in [3.05, 3.63) is 65.6 Å². The van der Waals surface area contributed by atoms with Gasteiger partial charge in [0.05, 0.1) is 5.52 Å². The van der Waals surface area contributed by atoms with Crippen LogP contribution in [0, 0.1) is 5.82 Å². The van der Waals surface area contributed by atoms with Gasteiger partial charge in [-0.2, -0.15) is 0 Å². The first kappa shape index (κ1) is 12.5. The van der Waals surface area contributed by atoms with Crippen LogP contribution in [0.4, 0.5) is 4.39 Å². The number of rotatable bonds is 2. The van der Waals surface area contributed by atoms with Crippen LogP contribution in [-0.4, -0.2) is 4.98 Å².